The molecule has 1 heterocycles. The Labute approximate surface area is 132 Å². The molecule has 1 rings (SSSR count). The number of ether oxygens (including phenoxy) is 1. The third-order valence-electron chi connectivity index (χ3n) is 3.51. The third-order valence-corrected chi connectivity index (χ3v) is 4.80. The molecule has 1 aromatic heterocycles. The van der Waals surface area contributed by atoms with Gasteiger partial charge in [-0.3, -0.25) is 5.32 Å². The first-order valence-electron chi connectivity index (χ1n) is 7.87. The Balaban J connectivity index is 2.66. The molecule has 0 amide bonds. The molecule has 0 bridgehead atoms. The normalized spacial score (nSPS) is 12.6. The highest BCUT2D eigenvalue weighted by Crippen LogP contribution is 2.24. The van der Waals surface area contributed by atoms with Gasteiger partial charge in [-0.15, -0.1) is 11.3 Å². The van der Waals surface area contributed by atoms with Crippen molar-refractivity contribution in [3.05, 3.63) is 21.9 Å². The van der Waals surface area contributed by atoms with E-state index in [0.29, 0.717) is 6.61 Å². The monoisotopic (exact) mass is 312 g/mol. The predicted molar refractivity (Wildman–Crippen MR) is 88.9 cm³/mol. The number of hydrogen-bond donors (Lipinski definition) is 1. The van der Waals surface area contributed by atoms with E-state index in [1.165, 1.54) is 4.88 Å². The number of carbonyl (C=O) groups is 1. The van der Waals surface area contributed by atoms with Crippen LogP contribution in [0.4, 0.5) is 0 Å². The molecule has 1 aromatic rings. The van der Waals surface area contributed by atoms with Gasteiger partial charge in [-0.05, 0) is 38.6 Å². The van der Waals surface area contributed by atoms with E-state index in [9.17, 15) is 4.79 Å². The summed E-state index contributed by atoms with van der Waals surface area (Å²) in [5.74, 6) is -0.179. The van der Waals surface area contributed by atoms with Crippen LogP contribution in [-0.4, -0.2) is 43.7 Å². The number of aryl methyl sites for hydroxylation is 1. The van der Waals surface area contributed by atoms with E-state index in [0.717, 1.165) is 37.5 Å². The Kier molecular flexibility index (Phi) is 8.57. The molecule has 0 radical (unpaired) electrons. The van der Waals surface area contributed by atoms with Crippen LogP contribution in [0.1, 0.15) is 43.5 Å². The molecule has 1 atom stereocenters. The quantitative estimate of drug-likeness (QED) is 0.675. The van der Waals surface area contributed by atoms with Crippen molar-refractivity contribution in [2.45, 2.75) is 40.2 Å². The van der Waals surface area contributed by atoms with Gasteiger partial charge in [0.15, 0.2) is 0 Å². The highest BCUT2D eigenvalue weighted by Gasteiger charge is 2.23. The second-order valence-electron chi connectivity index (χ2n) is 4.82. The Bertz CT molecular complexity index is 416. The zero-order valence-corrected chi connectivity index (χ0v) is 14.5. The van der Waals surface area contributed by atoms with Gasteiger partial charge in [0.05, 0.1) is 6.61 Å². The van der Waals surface area contributed by atoms with Crippen molar-refractivity contribution >= 4 is 17.3 Å². The highest BCUT2D eigenvalue weighted by atomic mass is 32.1. The lowest BCUT2D eigenvalue weighted by molar-refractivity contribution is -0.145. The van der Waals surface area contributed by atoms with Crippen LogP contribution in [0.25, 0.3) is 0 Å². The minimum Gasteiger partial charge on any atom is -0.465 e. The summed E-state index contributed by atoms with van der Waals surface area (Å²) in [5, 5.41) is 3.35. The molecule has 0 aliphatic carbocycles. The lowest BCUT2D eigenvalue weighted by Gasteiger charge is -2.21. The number of likely N-dealkylation sites (N-methyl/N-ethyl adjacent to an activating group) is 1. The molecule has 0 aromatic carbocycles. The van der Waals surface area contributed by atoms with E-state index in [1.54, 1.807) is 11.3 Å². The fraction of sp³-hybridized carbons (Fsp3) is 0.688. The Hall–Kier alpha value is -0.910. The van der Waals surface area contributed by atoms with Gasteiger partial charge in [0.1, 0.15) is 6.04 Å². The Morgan fingerprint density at radius 3 is 2.52 bits per heavy atom. The van der Waals surface area contributed by atoms with E-state index in [2.05, 4.69) is 37.1 Å². The lowest BCUT2D eigenvalue weighted by atomic mass is 10.2. The molecule has 0 saturated carbocycles. The summed E-state index contributed by atoms with van der Waals surface area (Å²) in [6.07, 6.45) is 1.000. The topological polar surface area (TPSA) is 41.6 Å². The number of esters is 1. The SMILES string of the molecule is CCOC(=O)C(NCCN(CC)CC)c1ccc(CC)s1. The molecular formula is C16H28N2O2S. The summed E-state index contributed by atoms with van der Waals surface area (Å²) in [4.78, 5) is 16.8. The summed E-state index contributed by atoms with van der Waals surface area (Å²) in [6, 6.07) is 3.79. The van der Waals surface area contributed by atoms with E-state index in [1.807, 2.05) is 13.0 Å². The Morgan fingerprint density at radius 2 is 2.00 bits per heavy atom. The van der Waals surface area contributed by atoms with E-state index >= 15 is 0 Å². The molecule has 1 unspecified atom stereocenters. The van der Waals surface area contributed by atoms with Crippen molar-refractivity contribution in [2.24, 2.45) is 0 Å². The number of hydrogen-bond acceptors (Lipinski definition) is 5. The molecule has 5 heteroatoms. The van der Waals surface area contributed by atoms with Gasteiger partial charge >= 0.3 is 5.97 Å². The molecule has 21 heavy (non-hydrogen) atoms. The number of nitrogens with one attached hydrogen (secondary N) is 1. The average molecular weight is 312 g/mol. The van der Waals surface area contributed by atoms with Crippen LogP contribution in [0.5, 0.6) is 0 Å². The predicted octanol–water partition coefficient (Wildman–Crippen LogP) is 2.85. The van der Waals surface area contributed by atoms with Crippen molar-refractivity contribution in [1.82, 2.24) is 10.2 Å². The van der Waals surface area contributed by atoms with Crippen molar-refractivity contribution < 1.29 is 9.53 Å². The summed E-state index contributed by atoms with van der Waals surface area (Å²) in [5.41, 5.74) is 0. The minimum atomic E-state index is -0.342. The number of rotatable bonds is 10. The fourth-order valence-electron chi connectivity index (χ4n) is 2.17. The molecule has 0 spiro atoms. The van der Waals surface area contributed by atoms with Crippen molar-refractivity contribution in [2.75, 3.05) is 32.8 Å². The third kappa shape index (κ3) is 5.77. The maximum absolute atomic E-state index is 12.2. The van der Waals surface area contributed by atoms with Gasteiger partial charge in [0.25, 0.3) is 0 Å². The van der Waals surface area contributed by atoms with Gasteiger partial charge in [-0.25, -0.2) is 4.79 Å². The van der Waals surface area contributed by atoms with Crippen molar-refractivity contribution in [3.8, 4) is 0 Å². The lowest BCUT2D eigenvalue weighted by Crippen LogP contribution is -2.36. The van der Waals surface area contributed by atoms with Gasteiger partial charge in [-0.1, -0.05) is 20.8 Å². The van der Waals surface area contributed by atoms with E-state index < -0.39 is 0 Å². The van der Waals surface area contributed by atoms with Crippen LogP contribution in [0.2, 0.25) is 0 Å². The maximum Gasteiger partial charge on any atom is 0.328 e. The smallest absolute Gasteiger partial charge is 0.328 e. The van der Waals surface area contributed by atoms with Gasteiger partial charge < -0.3 is 9.64 Å². The number of thiophene rings is 1. The molecule has 0 fully saturated rings. The summed E-state index contributed by atoms with van der Waals surface area (Å²) >= 11 is 1.69. The first-order valence-corrected chi connectivity index (χ1v) is 8.68. The van der Waals surface area contributed by atoms with E-state index in [4.69, 9.17) is 4.74 Å². The van der Waals surface area contributed by atoms with Crippen LogP contribution in [0.3, 0.4) is 0 Å². The summed E-state index contributed by atoms with van der Waals surface area (Å²) < 4.78 is 5.20. The second kappa shape index (κ2) is 9.92. The summed E-state index contributed by atoms with van der Waals surface area (Å²) in [7, 11) is 0. The molecular weight excluding hydrogens is 284 g/mol. The molecule has 0 aliphatic heterocycles. The largest absolute Gasteiger partial charge is 0.465 e. The zero-order valence-electron chi connectivity index (χ0n) is 13.6. The minimum absolute atomic E-state index is 0.179. The first kappa shape index (κ1) is 18.1. The standard InChI is InChI=1S/C16H28N2O2S/c1-5-13-9-10-14(21-13)15(16(19)20-8-4)17-11-12-18(6-2)7-3/h9-10,15,17H,5-8,11-12H2,1-4H3. The van der Waals surface area contributed by atoms with Crippen LogP contribution in [0, 0.1) is 0 Å². The van der Waals surface area contributed by atoms with Crippen LogP contribution in [-0.2, 0) is 16.0 Å². The van der Waals surface area contributed by atoms with Crippen LogP contribution >= 0.6 is 11.3 Å². The van der Waals surface area contributed by atoms with Crippen molar-refractivity contribution in [3.63, 3.8) is 0 Å². The molecule has 0 aliphatic rings. The first-order chi connectivity index (χ1) is 10.2. The zero-order chi connectivity index (χ0) is 15.7. The second-order valence-corrected chi connectivity index (χ2v) is 6.02. The average Bonchev–Trinajstić information content (AvgIpc) is 2.96. The number of carbonyl (C=O) groups excluding carboxylic acids is 1. The molecule has 1 N–H and O–H groups in total. The van der Waals surface area contributed by atoms with Crippen LogP contribution < -0.4 is 5.32 Å². The van der Waals surface area contributed by atoms with E-state index in [-0.39, 0.29) is 12.0 Å². The fourth-order valence-corrected chi connectivity index (χ4v) is 3.19. The van der Waals surface area contributed by atoms with Gasteiger partial charge in [0, 0.05) is 22.8 Å². The van der Waals surface area contributed by atoms with Crippen molar-refractivity contribution in [1.29, 1.82) is 0 Å². The molecule has 4 nitrogen and oxygen atoms in total. The Morgan fingerprint density at radius 1 is 1.29 bits per heavy atom. The van der Waals surface area contributed by atoms with Crippen LogP contribution in [0.15, 0.2) is 12.1 Å². The molecule has 0 saturated heterocycles. The van der Waals surface area contributed by atoms with Gasteiger partial charge in [-0.2, -0.15) is 0 Å². The highest BCUT2D eigenvalue weighted by molar-refractivity contribution is 7.12. The molecule has 120 valence electrons. The summed E-state index contributed by atoms with van der Waals surface area (Å²) in [6.45, 7) is 12.5. The number of nitrogens with zero attached hydrogens (tertiary/aromatic N) is 1. The van der Waals surface area contributed by atoms with Gasteiger partial charge in [0.2, 0.25) is 0 Å². The maximum atomic E-state index is 12.2.